The van der Waals surface area contributed by atoms with E-state index in [1.165, 1.54) is 6.21 Å². The Morgan fingerprint density at radius 1 is 1.27 bits per heavy atom. The Hall–Kier alpha value is -1.38. The lowest BCUT2D eigenvalue weighted by Gasteiger charge is -2.08. The van der Waals surface area contributed by atoms with Crippen molar-refractivity contribution in [3.63, 3.8) is 0 Å². The van der Waals surface area contributed by atoms with Crippen LogP contribution in [-0.4, -0.2) is 17.1 Å². The quantitative estimate of drug-likeness (QED) is 0.734. The number of aromatic nitrogens is 1. The predicted octanol–water partition coefficient (Wildman–Crippen LogP) is 3.10. The molecule has 0 atom stereocenters. The standard InChI is InChI=1S/C12H19N3/c1-9(2)8-14-15-11(7-13)5-6-12(15)10(3)4/h5-10,13H,1-4H3/b13-7?,14-8-. The second-order valence-corrected chi connectivity index (χ2v) is 4.30. The van der Waals surface area contributed by atoms with E-state index in [0.29, 0.717) is 11.8 Å². The Bertz CT molecular complexity index is 359. The predicted molar refractivity (Wildman–Crippen MR) is 65.1 cm³/mol. The Labute approximate surface area is 91.3 Å². The maximum absolute atomic E-state index is 7.30. The van der Waals surface area contributed by atoms with Gasteiger partial charge in [0.25, 0.3) is 0 Å². The minimum atomic E-state index is 0.419. The van der Waals surface area contributed by atoms with Crippen LogP contribution in [0.3, 0.4) is 0 Å². The molecule has 3 nitrogen and oxygen atoms in total. The first-order chi connectivity index (χ1) is 7.06. The molecule has 1 aromatic rings. The summed E-state index contributed by atoms with van der Waals surface area (Å²) in [6, 6.07) is 3.96. The van der Waals surface area contributed by atoms with Gasteiger partial charge in [-0.1, -0.05) is 27.7 Å². The fourth-order valence-electron chi connectivity index (χ4n) is 1.34. The van der Waals surface area contributed by atoms with Crippen LogP contribution in [-0.2, 0) is 0 Å². The molecule has 1 aromatic heterocycles. The molecule has 3 heteroatoms. The Balaban J connectivity index is 3.10. The highest BCUT2D eigenvalue weighted by atomic mass is 15.4. The molecular formula is C12H19N3. The minimum Gasteiger partial charge on any atom is -0.307 e. The molecule has 1 N–H and O–H groups in total. The molecule has 0 aromatic carbocycles. The van der Waals surface area contributed by atoms with Crippen molar-refractivity contribution >= 4 is 12.4 Å². The lowest BCUT2D eigenvalue weighted by Crippen LogP contribution is -2.03. The molecule has 0 spiro atoms. The van der Waals surface area contributed by atoms with Crippen molar-refractivity contribution < 1.29 is 0 Å². The molecule has 0 aliphatic carbocycles. The van der Waals surface area contributed by atoms with E-state index in [1.54, 1.807) is 0 Å². The second kappa shape index (κ2) is 4.91. The molecule has 0 fully saturated rings. The summed E-state index contributed by atoms with van der Waals surface area (Å²) >= 11 is 0. The van der Waals surface area contributed by atoms with Crippen molar-refractivity contribution in [1.82, 2.24) is 4.68 Å². The third kappa shape index (κ3) is 2.78. The smallest absolute Gasteiger partial charge is 0.0824 e. The largest absolute Gasteiger partial charge is 0.307 e. The van der Waals surface area contributed by atoms with Crippen molar-refractivity contribution in [2.24, 2.45) is 11.0 Å². The molecule has 1 rings (SSSR count). The van der Waals surface area contributed by atoms with E-state index in [1.807, 2.05) is 23.0 Å². The van der Waals surface area contributed by atoms with E-state index in [4.69, 9.17) is 5.41 Å². The van der Waals surface area contributed by atoms with E-state index in [2.05, 4.69) is 32.8 Å². The molecule has 0 bridgehead atoms. The van der Waals surface area contributed by atoms with Crippen LogP contribution in [0.1, 0.15) is 45.0 Å². The highest BCUT2D eigenvalue weighted by molar-refractivity contribution is 5.75. The summed E-state index contributed by atoms with van der Waals surface area (Å²) in [6.45, 7) is 8.44. The topological polar surface area (TPSA) is 41.1 Å². The zero-order valence-corrected chi connectivity index (χ0v) is 9.86. The van der Waals surface area contributed by atoms with Gasteiger partial charge >= 0.3 is 0 Å². The van der Waals surface area contributed by atoms with Crippen molar-refractivity contribution in [2.75, 3.05) is 0 Å². The number of hydrogen-bond donors (Lipinski definition) is 1. The Kier molecular flexibility index (Phi) is 3.83. The van der Waals surface area contributed by atoms with Crippen LogP contribution in [0.15, 0.2) is 17.2 Å². The van der Waals surface area contributed by atoms with Crippen molar-refractivity contribution in [3.8, 4) is 0 Å². The maximum Gasteiger partial charge on any atom is 0.0824 e. The van der Waals surface area contributed by atoms with Crippen LogP contribution in [0.2, 0.25) is 0 Å². The first kappa shape index (κ1) is 11.7. The summed E-state index contributed by atoms with van der Waals surface area (Å²) in [5.41, 5.74) is 1.97. The van der Waals surface area contributed by atoms with Crippen LogP contribution in [0, 0.1) is 11.3 Å². The average molecular weight is 205 g/mol. The first-order valence-electron chi connectivity index (χ1n) is 5.32. The fraction of sp³-hybridized carbons (Fsp3) is 0.500. The van der Waals surface area contributed by atoms with E-state index in [9.17, 15) is 0 Å². The zero-order chi connectivity index (χ0) is 11.4. The van der Waals surface area contributed by atoms with Crippen LogP contribution in [0.5, 0.6) is 0 Å². The van der Waals surface area contributed by atoms with Crippen LogP contribution < -0.4 is 0 Å². The van der Waals surface area contributed by atoms with Gasteiger partial charge < -0.3 is 5.41 Å². The number of nitrogens with zero attached hydrogens (tertiary/aromatic N) is 2. The summed E-state index contributed by atoms with van der Waals surface area (Å²) in [5.74, 6) is 0.842. The molecule has 0 saturated heterocycles. The highest BCUT2D eigenvalue weighted by Crippen LogP contribution is 2.17. The van der Waals surface area contributed by atoms with Crippen LogP contribution >= 0.6 is 0 Å². The van der Waals surface area contributed by atoms with E-state index < -0.39 is 0 Å². The molecule has 0 unspecified atom stereocenters. The summed E-state index contributed by atoms with van der Waals surface area (Å²) in [7, 11) is 0. The SMILES string of the molecule is CC(C)/C=N\n1c(C=N)ccc1C(C)C. The molecule has 15 heavy (non-hydrogen) atoms. The maximum atomic E-state index is 7.30. The number of nitrogens with one attached hydrogen (secondary N) is 1. The van der Waals surface area contributed by atoms with E-state index in [0.717, 1.165) is 11.4 Å². The van der Waals surface area contributed by atoms with Gasteiger partial charge in [-0.05, 0) is 24.0 Å². The summed E-state index contributed by atoms with van der Waals surface area (Å²) in [5, 5.41) is 11.7. The second-order valence-electron chi connectivity index (χ2n) is 4.30. The molecule has 0 saturated carbocycles. The molecule has 1 heterocycles. The minimum absolute atomic E-state index is 0.419. The van der Waals surface area contributed by atoms with E-state index >= 15 is 0 Å². The van der Waals surface area contributed by atoms with Crippen molar-refractivity contribution in [1.29, 1.82) is 5.41 Å². The van der Waals surface area contributed by atoms with Gasteiger partial charge in [-0.25, -0.2) is 4.68 Å². The van der Waals surface area contributed by atoms with Crippen molar-refractivity contribution in [3.05, 3.63) is 23.5 Å². The van der Waals surface area contributed by atoms with Gasteiger partial charge in [0.05, 0.1) is 5.69 Å². The van der Waals surface area contributed by atoms with Gasteiger partial charge in [0.2, 0.25) is 0 Å². The Morgan fingerprint density at radius 3 is 2.40 bits per heavy atom. The normalized spacial score (nSPS) is 11.9. The fourth-order valence-corrected chi connectivity index (χ4v) is 1.34. The lowest BCUT2D eigenvalue weighted by molar-refractivity contribution is 0.719. The van der Waals surface area contributed by atoms with E-state index in [-0.39, 0.29) is 0 Å². The molecular weight excluding hydrogens is 186 g/mol. The first-order valence-corrected chi connectivity index (χ1v) is 5.32. The van der Waals surface area contributed by atoms with Gasteiger partial charge in [-0.2, -0.15) is 5.10 Å². The molecule has 0 radical (unpaired) electrons. The number of rotatable bonds is 4. The van der Waals surface area contributed by atoms with Gasteiger partial charge in [0.15, 0.2) is 0 Å². The van der Waals surface area contributed by atoms with Gasteiger partial charge in [-0.3, -0.25) is 0 Å². The van der Waals surface area contributed by atoms with Crippen LogP contribution in [0.4, 0.5) is 0 Å². The molecule has 0 aliphatic heterocycles. The summed E-state index contributed by atoms with van der Waals surface area (Å²) in [6.07, 6.45) is 3.24. The van der Waals surface area contributed by atoms with Gasteiger partial charge in [-0.15, -0.1) is 0 Å². The third-order valence-corrected chi connectivity index (χ3v) is 2.13. The van der Waals surface area contributed by atoms with Crippen LogP contribution in [0.25, 0.3) is 0 Å². The molecule has 0 amide bonds. The molecule has 82 valence electrons. The number of hydrogen-bond acceptors (Lipinski definition) is 2. The lowest BCUT2D eigenvalue weighted by atomic mass is 10.1. The van der Waals surface area contributed by atoms with Gasteiger partial charge in [0, 0.05) is 18.1 Å². The zero-order valence-electron chi connectivity index (χ0n) is 9.86. The molecule has 0 aliphatic rings. The highest BCUT2D eigenvalue weighted by Gasteiger charge is 2.08. The Morgan fingerprint density at radius 2 is 1.93 bits per heavy atom. The summed E-state index contributed by atoms with van der Waals surface area (Å²) in [4.78, 5) is 0. The average Bonchev–Trinajstić information content (AvgIpc) is 2.57. The van der Waals surface area contributed by atoms with Gasteiger partial charge in [0.1, 0.15) is 0 Å². The van der Waals surface area contributed by atoms with Crippen molar-refractivity contribution in [2.45, 2.75) is 33.6 Å². The summed E-state index contributed by atoms with van der Waals surface area (Å²) < 4.78 is 1.84. The monoisotopic (exact) mass is 205 g/mol. The third-order valence-electron chi connectivity index (χ3n) is 2.13.